The fraction of sp³-hybridized carbons (Fsp3) is 0.524. The molecule has 3 rings (SSSR count). The molecule has 0 spiro atoms. The van der Waals surface area contributed by atoms with Crippen molar-refractivity contribution in [3.63, 3.8) is 0 Å². The molecule has 1 aromatic heterocycles. The van der Waals surface area contributed by atoms with Gasteiger partial charge in [-0.05, 0) is 53.3 Å². The number of carbonyl (C=O) groups excluding carboxylic acids is 1. The highest BCUT2D eigenvalue weighted by atomic mass is 16.2. The molecule has 0 aliphatic heterocycles. The van der Waals surface area contributed by atoms with Gasteiger partial charge in [0, 0.05) is 30.9 Å². The molecule has 0 bridgehead atoms. The summed E-state index contributed by atoms with van der Waals surface area (Å²) in [7, 11) is 5.93. The first kappa shape index (κ1) is 18.6. The first-order valence-electron chi connectivity index (χ1n) is 9.32. The fourth-order valence-electron chi connectivity index (χ4n) is 3.65. The van der Waals surface area contributed by atoms with Crippen LogP contribution in [-0.2, 0) is 18.4 Å². The number of carbonyl (C=O) groups is 1. The van der Waals surface area contributed by atoms with Gasteiger partial charge in [-0.3, -0.25) is 14.4 Å². The molecule has 1 aliphatic carbocycles. The predicted molar refractivity (Wildman–Crippen MR) is 104 cm³/mol. The minimum atomic E-state index is -0.257. The molecule has 1 amide bonds. The van der Waals surface area contributed by atoms with Gasteiger partial charge in [0.1, 0.15) is 6.04 Å². The van der Waals surface area contributed by atoms with E-state index < -0.39 is 0 Å². The Labute approximate surface area is 156 Å². The van der Waals surface area contributed by atoms with Gasteiger partial charge in [-0.2, -0.15) is 5.10 Å². The van der Waals surface area contributed by atoms with Gasteiger partial charge in [0.15, 0.2) is 0 Å². The Morgan fingerprint density at radius 3 is 2.46 bits per heavy atom. The molecule has 1 saturated carbocycles. The summed E-state index contributed by atoms with van der Waals surface area (Å²) in [6.45, 7) is 6.82. The van der Waals surface area contributed by atoms with Crippen molar-refractivity contribution in [2.75, 3.05) is 14.1 Å². The monoisotopic (exact) mass is 354 g/mol. The second-order valence-corrected chi connectivity index (χ2v) is 7.75. The number of nitrogens with zero attached hydrogens (tertiary/aromatic N) is 4. The molecule has 1 aliphatic rings. The minimum Gasteiger partial charge on any atom is -0.334 e. The van der Waals surface area contributed by atoms with Crippen molar-refractivity contribution < 1.29 is 4.79 Å². The van der Waals surface area contributed by atoms with Crippen LogP contribution in [0.15, 0.2) is 24.3 Å². The van der Waals surface area contributed by atoms with E-state index in [0.29, 0.717) is 12.6 Å². The summed E-state index contributed by atoms with van der Waals surface area (Å²) in [5, 5.41) is 4.52. The highest BCUT2D eigenvalue weighted by Crippen LogP contribution is 2.33. The van der Waals surface area contributed by atoms with Gasteiger partial charge < -0.3 is 4.90 Å². The van der Waals surface area contributed by atoms with Crippen molar-refractivity contribution in [2.45, 2.75) is 52.2 Å². The Morgan fingerprint density at radius 1 is 1.27 bits per heavy atom. The number of hydrogen-bond acceptors (Lipinski definition) is 3. The third-order valence-corrected chi connectivity index (χ3v) is 5.37. The van der Waals surface area contributed by atoms with Crippen LogP contribution in [0.2, 0.25) is 0 Å². The normalized spacial score (nSPS) is 15.3. The standard InChI is InChI=1S/C21H30N4O/c1-14-8-7-9-17(12-14)20(23(4)5)21(26)25(18-10-11-18)13-19-15(2)22-24(6)16(19)3/h7-9,12,18,20H,10-11,13H2,1-6H3/t20-/m0/s1. The van der Waals surface area contributed by atoms with Gasteiger partial charge in [-0.15, -0.1) is 0 Å². The average molecular weight is 354 g/mol. The second kappa shape index (κ2) is 7.23. The lowest BCUT2D eigenvalue weighted by Crippen LogP contribution is -2.41. The third kappa shape index (κ3) is 3.68. The van der Waals surface area contributed by atoms with Crippen LogP contribution in [-0.4, -0.2) is 45.6 Å². The Hall–Kier alpha value is -2.14. The summed E-state index contributed by atoms with van der Waals surface area (Å²) in [5.74, 6) is 0.186. The Bertz CT molecular complexity index is 804. The molecular weight excluding hydrogens is 324 g/mol. The molecule has 0 N–H and O–H groups in total. The number of rotatable bonds is 6. The summed E-state index contributed by atoms with van der Waals surface area (Å²) in [5.41, 5.74) is 5.57. The molecule has 5 heteroatoms. The van der Waals surface area contributed by atoms with E-state index in [1.54, 1.807) is 0 Å². The van der Waals surface area contributed by atoms with E-state index in [1.165, 1.54) is 11.1 Å². The maximum Gasteiger partial charge on any atom is 0.245 e. The number of aryl methyl sites for hydroxylation is 3. The highest BCUT2D eigenvalue weighted by molar-refractivity contribution is 5.84. The summed E-state index contributed by atoms with van der Waals surface area (Å²) >= 11 is 0. The van der Waals surface area contributed by atoms with Crippen molar-refractivity contribution in [1.29, 1.82) is 0 Å². The van der Waals surface area contributed by atoms with Crippen LogP contribution >= 0.6 is 0 Å². The van der Waals surface area contributed by atoms with E-state index >= 15 is 0 Å². The quantitative estimate of drug-likeness (QED) is 0.800. The molecule has 1 heterocycles. The molecule has 0 saturated heterocycles. The zero-order valence-corrected chi connectivity index (χ0v) is 16.8. The maximum atomic E-state index is 13.6. The van der Waals surface area contributed by atoms with E-state index in [9.17, 15) is 4.79 Å². The van der Waals surface area contributed by atoms with Gasteiger partial charge >= 0.3 is 0 Å². The summed E-state index contributed by atoms with van der Waals surface area (Å²) in [4.78, 5) is 17.7. The first-order chi connectivity index (χ1) is 12.3. The second-order valence-electron chi connectivity index (χ2n) is 7.75. The fourth-order valence-corrected chi connectivity index (χ4v) is 3.65. The molecular formula is C21H30N4O. The molecule has 2 aromatic rings. The van der Waals surface area contributed by atoms with Crippen molar-refractivity contribution in [3.05, 3.63) is 52.3 Å². The number of benzene rings is 1. The average Bonchev–Trinajstić information content (AvgIpc) is 3.36. The Balaban J connectivity index is 1.92. The lowest BCUT2D eigenvalue weighted by molar-refractivity contribution is -0.137. The van der Waals surface area contributed by atoms with Gasteiger partial charge in [-0.1, -0.05) is 29.8 Å². The van der Waals surface area contributed by atoms with Gasteiger partial charge in [0.25, 0.3) is 0 Å². The van der Waals surface area contributed by atoms with Crippen molar-refractivity contribution in [1.82, 2.24) is 19.6 Å². The maximum absolute atomic E-state index is 13.6. The molecule has 1 atom stereocenters. The van der Waals surface area contributed by atoms with E-state index in [0.717, 1.165) is 29.8 Å². The van der Waals surface area contributed by atoms with Gasteiger partial charge in [0.05, 0.1) is 5.69 Å². The van der Waals surface area contributed by atoms with Crippen molar-refractivity contribution in [2.24, 2.45) is 7.05 Å². The summed E-state index contributed by atoms with van der Waals surface area (Å²) in [6, 6.07) is 8.38. The van der Waals surface area contributed by atoms with E-state index in [-0.39, 0.29) is 11.9 Å². The zero-order valence-electron chi connectivity index (χ0n) is 16.8. The van der Waals surface area contributed by atoms with Crippen LogP contribution in [0.3, 0.4) is 0 Å². The van der Waals surface area contributed by atoms with Gasteiger partial charge in [-0.25, -0.2) is 0 Å². The van der Waals surface area contributed by atoms with E-state index in [2.05, 4.69) is 42.0 Å². The number of hydrogen-bond donors (Lipinski definition) is 0. The smallest absolute Gasteiger partial charge is 0.245 e. The van der Waals surface area contributed by atoms with Crippen LogP contribution in [0.4, 0.5) is 0 Å². The molecule has 1 fully saturated rings. The van der Waals surface area contributed by atoms with Crippen LogP contribution < -0.4 is 0 Å². The molecule has 0 unspecified atom stereocenters. The van der Waals surface area contributed by atoms with Crippen LogP contribution in [0.1, 0.15) is 47.0 Å². The number of amides is 1. The topological polar surface area (TPSA) is 41.4 Å². The first-order valence-corrected chi connectivity index (χ1v) is 9.32. The third-order valence-electron chi connectivity index (χ3n) is 5.37. The number of likely N-dealkylation sites (N-methyl/N-ethyl adjacent to an activating group) is 1. The Kier molecular flexibility index (Phi) is 5.19. The van der Waals surface area contributed by atoms with E-state index in [1.807, 2.05) is 43.7 Å². The van der Waals surface area contributed by atoms with Crippen LogP contribution in [0.25, 0.3) is 0 Å². The Morgan fingerprint density at radius 2 is 1.96 bits per heavy atom. The van der Waals surface area contributed by atoms with Crippen LogP contribution in [0.5, 0.6) is 0 Å². The molecule has 140 valence electrons. The van der Waals surface area contributed by atoms with Gasteiger partial charge in [0.2, 0.25) is 5.91 Å². The SMILES string of the molecule is Cc1cccc([C@@H](C(=O)N(Cc2c(C)nn(C)c2C)C2CC2)N(C)C)c1. The highest BCUT2D eigenvalue weighted by Gasteiger charge is 2.38. The van der Waals surface area contributed by atoms with Crippen molar-refractivity contribution in [3.8, 4) is 0 Å². The minimum absolute atomic E-state index is 0.186. The predicted octanol–water partition coefficient (Wildman–Crippen LogP) is 3.14. The zero-order chi connectivity index (χ0) is 19.0. The largest absolute Gasteiger partial charge is 0.334 e. The lowest BCUT2D eigenvalue weighted by atomic mass is 10.0. The van der Waals surface area contributed by atoms with Crippen molar-refractivity contribution >= 4 is 5.91 Å². The lowest BCUT2D eigenvalue weighted by Gasteiger charge is -2.31. The summed E-state index contributed by atoms with van der Waals surface area (Å²) < 4.78 is 1.91. The molecule has 5 nitrogen and oxygen atoms in total. The van der Waals surface area contributed by atoms with Crippen LogP contribution in [0, 0.1) is 20.8 Å². The van der Waals surface area contributed by atoms with E-state index in [4.69, 9.17) is 0 Å². The molecule has 1 aromatic carbocycles. The molecule has 0 radical (unpaired) electrons. The summed E-state index contributed by atoms with van der Waals surface area (Å²) in [6.07, 6.45) is 2.19. The number of aromatic nitrogens is 2. The molecule has 26 heavy (non-hydrogen) atoms.